The number of phenolic OH excluding ortho intramolecular Hbond substituents is 2. The topological polar surface area (TPSA) is 40.5 Å². The average Bonchev–Trinajstić information content (AvgIpc) is 3.04. The van der Waals surface area contributed by atoms with E-state index in [0.717, 1.165) is 16.7 Å². The summed E-state index contributed by atoms with van der Waals surface area (Å²) < 4.78 is 0. The summed E-state index contributed by atoms with van der Waals surface area (Å²) in [6, 6.07) is 40.7. The van der Waals surface area contributed by atoms with Crippen molar-refractivity contribution >= 4 is 21.5 Å². The van der Waals surface area contributed by atoms with E-state index in [9.17, 15) is 10.2 Å². The molecule has 49 heavy (non-hydrogen) atoms. The minimum absolute atomic E-state index is 0.0832. The molecule has 0 spiro atoms. The van der Waals surface area contributed by atoms with Crippen molar-refractivity contribution in [2.75, 3.05) is 0 Å². The predicted octanol–water partition coefficient (Wildman–Crippen LogP) is 12.5. The molecule has 0 amide bonds. The van der Waals surface area contributed by atoms with Crippen molar-refractivity contribution in [3.05, 3.63) is 154 Å². The van der Waals surface area contributed by atoms with Gasteiger partial charge in [0, 0.05) is 22.3 Å². The van der Waals surface area contributed by atoms with Crippen molar-refractivity contribution in [2.45, 2.75) is 91.4 Å². The van der Waals surface area contributed by atoms with Gasteiger partial charge >= 0.3 is 0 Å². The van der Waals surface area contributed by atoms with Crippen LogP contribution in [-0.2, 0) is 16.2 Å². The Morgan fingerprint density at radius 2 is 0.980 bits per heavy atom. The first-order valence-electron chi connectivity index (χ1n) is 17.6. The Hall–Kier alpha value is -4.56. The largest absolute Gasteiger partial charge is 0.508 e. The zero-order chi connectivity index (χ0) is 35.5. The number of fused-ring (bicyclic) bond motifs is 2. The summed E-state index contributed by atoms with van der Waals surface area (Å²) in [4.78, 5) is 0. The van der Waals surface area contributed by atoms with E-state index in [0.29, 0.717) is 5.75 Å². The zero-order valence-corrected chi connectivity index (χ0v) is 30.9. The van der Waals surface area contributed by atoms with Gasteiger partial charge in [0.05, 0.1) is 0 Å². The van der Waals surface area contributed by atoms with Gasteiger partial charge in [-0.3, -0.25) is 0 Å². The van der Waals surface area contributed by atoms with Crippen LogP contribution in [0.2, 0.25) is 0 Å². The van der Waals surface area contributed by atoms with Gasteiger partial charge in [-0.1, -0.05) is 166 Å². The summed E-state index contributed by atoms with van der Waals surface area (Å²) in [5.41, 5.74) is 6.86. The lowest BCUT2D eigenvalue weighted by Gasteiger charge is -2.37. The molecule has 252 valence electrons. The summed E-state index contributed by atoms with van der Waals surface area (Å²) in [7, 11) is 0. The molecule has 0 saturated carbocycles. The Morgan fingerprint density at radius 1 is 0.469 bits per heavy atom. The van der Waals surface area contributed by atoms with Gasteiger partial charge in [-0.15, -0.1) is 0 Å². The maximum Gasteiger partial charge on any atom is 0.123 e. The molecule has 0 heterocycles. The lowest BCUT2D eigenvalue weighted by molar-refractivity contribution is 0.346. The Bertz CT molecular complexity index is 2100. The minimum Gasteiger partial charge on any atom is -0.508 e. The van der Waals surface area contributed by atoms with Crippen LogP contribution >= 0.6 is 0 Å². The monoisotopic (exact) mass is 648 g/mol. The Morgan fingerprint density at radius 3 is 1.49 bits per heavy atom. The van der Waals surface area contributed by atoms with Crippen molar-refractivity contribution in [1.82, 2.24) is 0 Å². The van der Waals surface area contributed by atoms with Crippen molar-refractivity contribution < 1.29 is 10.2 Å². The third-order valence-corrected chi connectivity index (χ3v) is 10.8. The van der Waals surface area contributed by atoms with Crippen LogP contribution in [0.4, 0.5) is 0 Å². The molecular formula is C47H52O2. The first kappa shape index (κ1) is 34.3. The summed E-state index contributed by atoms with van der Waals surface area (Å²) >= 11 is 0. The molecule has 6 aromatic rings. The van der Waals surface area contributed by atoms with E-state index in [1.165, 1.54) is 43.8 Å². The highest BCUT2D eigenvalue weighted by molar-refractivity contribution is 6.03. The summed E-state index contributed by atoms with van der Waals surface area (Å²) in [5, 5.41) is 27.2. The molecule has 1 atom stereocenters. The highest BCUT2D eigenvalue weighted by atomic mass is 16.3. The van der Waals surface area contributed by atoms with Crippen LogP contribution in [0.15, 0.2) is 115 Å². The first-order chi connectivity index (χ1) is 22.9. The van der Waals surface area contributed by atoms with Crippen LogP contribution in [0.25, 0.3) is 21.5 Å². The fraction of sp³-hybridized carbons (Fsp3) is 0.319. The Labute approximate surface area is 293 Å². The van der Waals surface area contributed by atoms with Gasteiger partial charge in [-0.2, -0.15) is 0 Å². The van der Waals surface area contributed by atoms with Crippen LogP contribution in [0, 0.1) is 5.41 Å². The fourth-order valence-electron chi connectivity index (χ4n) is 7.73. The number of aromatic hydroxyl groups is 2. The molecule has 0 radical (unpaired) electrons. The fourth-order valence-corrected chi connectivity index (χ4v) is 7.73. The lowest BCUT2D eigenvalue weighted by Crippen LogP contribution is -2.26. The molecule has 6 rings (SSSR count). The number of hydrogen-bond acceptors (Lipinski definition) is 2. The van der Waals surface area contributed by atoms with Gasteiger partial charge in [-0.05, 0) is 84.0 Å². The zero-order valence-electron chi connectivity index (χ0n) is 30.9. The number of hydrogen-bond donors (Lipinski definition) is 2. The van der Waals surface area contributed by atoms with E-state index in [2.05, 4.69) is 160 Å². The molecule has 1 unspecified atom stereocenters. The van der Waals surface area contributed by atoms with E-state index in [1.807, 2.05) is 12.1 Å². The first-order valence-corrected chi connectivity index (χ1v) is 17.6. The molecule has 0 aliphatic carbocycles. The van der Waals surface area contributed by atoms with Crippen molar-refractivity contribution in [1.29, 1.82) is 0 Å². The minimum atomic E-state index is -0.368. The van der Waals surface area contributed by atoms with E-state index < -0.39 is 0 Å². The number of phenols is 2. The highest BCUT2D eigenvalue weighted by Crippen LogP contribution is 2.52. The van der Waals surface area contributed by atoms with Crippen LogP contribution in [0.3, 0.4) is 0 Å². The molecule has 2 nitrogen and oxygen atoms in total. The maximum absolute atomic E-state index is 12.4. The lowest BCUT2D eigenvalue weighted by atomic mass is 9.66. The summed E-state index contributed by atoms with van der Waals surface area (Å²) in [6.07, 6.45) is 0. The van der Waals surface area contributed by atoms with Crippen molar-refractivity contribution in [3.8, 4) is 11.5 Å². The number of benzene rings is 6. The second-order valence-corrected chi connectivity index (χ2v) is 17.1. The quantitative estimate of drug-likeness (QED) is 0.176. The van der Waals surface area contributed by atoms with Gasteiger partial charge in [0.2, 0.25) is 0 Å². The Balaban J connectivity index is 1.60. The van der Waals surface area contributed by atoms with E-state index in [1.54, 1.807) is 12.1 Å². The van der Waals surface area contributed by atoms with Crippen LogP contribution in [0.5, 0.6) is 11.5 Å². The molecule has 0 aromatic heterocycles. The highest BCUT2D eigenvalue weighted by Gasteiger charge is 2.37. The van der Waals surface area contributed by atoms with Gasteiger partial charge in [-0.25, -0.2) is 0 Å². The molecule has 0 saturated heterocycles. The summed E-state index contributed by atoms with van der Waals surface area (Å²) in [6.45, 7) is 22.6. The molecule has 0 bridgehead atoms. The van der Waals surface area contributed by atoms with Gasteiger partial charge in [0.1, 0.15) is 11.5 Å². The third-order valence-electron chi connectivity index (χ3n) is 10.8. The van der Waals surface area contributed by atoms with E-state index in [4.69, 9.17) is 0 Å². The van der Waals surface area contributed by atoms with E-state index in [-0.39, 0.29) is 33.3 Å². The molecular weight excluding hydrogens is 597 g/mol. The van der Waals surface area contributed by atoms with E-state index >= 15 is 0 Å². The van der Waals surface area contributed by atoms with Crippen LogP contribution in [0.1, 0.15) is 114 Å². The maximum atomic E-state index is 12.4. The molecule has 0 fully saturated rings. The summed E-state index contributed by atoms with van der Waals surface area (Å²) in [5.74, 6) is 0.587. The van der Waals surface area contributed by atoms with Crippen LogP contribution in [-0.4, -0.2) is 10.2 Å². The number of rotatable bonds is 6. The Kier molecular flexibility index (Phi) is 8.47. The van der Waals surface area contributed by atoms with Gasteiger partial charge in [0.25, 0.3) is 0 Å². The van der Waals surface area contributed by atoms with Crippen LogP contribution < -0.4 is 0 Å². The van der Waals surface area contributed by atoms with Crippen molar-refractivity contribution in [2.24, 2.45) is 5.41 Å². The van der Waals surface area contributed by atoms with Gasteiger partial charge in [0.15, 0.2) is 0 Å². The SMILES string of the molecule is CC(C)(C)c1cc(C(C)(C)c2cccc(C(C)(C)c3ccc(O)cc3)c2)cc(C(c2c3ccccc3cc3ccccc23)C(C)(C)C)c1O. The normalized spacial score (nSPS) is 13.6. The predicted molar refractivity (Wildman–Crippen MR) is 208 cm³/mol. The standard InChI is InChI=1S/C47H52O2/c1-44(2,3)40-29-35(47(9,10)34-19-15-18-33(27-34)46(7,8)32-22-24-36(48)25-23-32)28-39(43(40)49)42(45(4,5)6)41-37-20-13-11-16-30(37)26-31-17-12-14-21-38(31)41/h11-29,42,48-49H,1-10H3. The average molecular weight is 649 g/mol. The second-order valence-electron chi connectivity index (χ2n) is 17.1. The second kappa shape index (κ2) is 12.1. The van der Waals surface area contributed by atoms with Crippen molar-refractivity contribution in [3.63, 3.8) is 0 Å². The molecule has 2 heteroatoms. The molecule has 2 N–H and O–H groups in total. The molecule has 0 aliphatic heterocycles. The molecule has 0 aliphatic rings. The van der Waals surface area contributed by atoms with Gasteiger partial charge < -0.3 is 10.2 Å². The smallest absolute Gasteiger partial charge is 0.123 e. The molecule has 6 aromatic carbocycles. The third kappa shape index (κ3) is 6.23.